The molecule has 2 heterocycles. The van der Waals surface area contributed by atoms with Crippen LogP contribution in [0.4, 0.5) is 0 Å². The Balaban J connectivity index is 0.00000162. The maximum Gasteiger partial charge on any atom is 0.222 e. The Morgan fingerprint density at radius 3 is 2.33 bits per heavy atom. The van der Waals surface area contributed by atoms with Crippen LogP contribution < -0.4 is 5.32 Å². The summed E-state index contributed by atoms with van der Waals surface area (Å²) >= 11 is 0. The molecule has 0 aromatic rings. The van der Waals surface area contributed by atoms with Crippen LogP contribution in [0.15, 0.2) is 0 Å². The van der Waals surface area contributed by atoms with Gasteiger partial charge in [-0.2, -0.15) is 0 Å². The van der Waals surface area contributed by atoms with E-state index in [-0.39, 0.29) is 12.4 Å². The number of piperidine rings is 2. The molecule has 4 heteroatoms. The fraction of sp³-hybridized carbons (Fsp3) is 0.929. The van der Waals surface area contributed by atoms with E-state index in [2.05, 4.69) is 24.1 Å². The Labute approximate surface area is 117 Å². The highest BCUT2D eigenvalue weighted by Gasteiger charge is 2.28. The summed E-state index contributed by atoms with van der Waals surface area (Å²) in [5, 5.41) is 3.35. The molecular weight excluding hydrogens is 248 g/mol. The zero-order chi connectivity index (χ0) is 12.3. The quantitative estimate of drug-likeness (QED) is 0.839. The smallest absolute Gasteiger partial charge is 0.222 e. The molecule has 0 bridgehead atoms. The van der Waals surface area contributed by atoms with E-state index in [9.17, 15) is 4.79 Å². The molecule has 3 nitrogen and oxygen atoms in total. The maximum atomic E-state index is 12.2. The number of carbonyl (C=O) groups excluding carboxylic acids is 1. The second-order valence-corrected chi connectivity index (χ2v) is 6.44. The predicted molar refractivity (Wildman–Crippen MR) is 77.1 cm³/mol. The third-order valence-corrected chi connectivity index (χ3v) is 4.39. The van der Waals surface area contributed by atoms with Crippen LogP contribution in [0.3, 0.4) is 0 Å². The number of hydrogen-bond donors (Lipinski definition) is 1. The van der Waals surface area contributed by atoms with Crippen LogP contribution in [0.25, 0.3) is 0 Å². The van der Waals surface area contributed by atoms with Gasteiger partial charge in [0.05, 0.1) is 0 Å². The molecule has 0 aromatic heterocycles. The number of carbonyl (C=O) groups is 1. The van der Waals surface area contributed by atoms with Crippen molar-refractivity contribution in [2.45, 2.75) is 46.0 Å². The Bertz CT molecular complexity index is 265. The fourth-order valence-electron chi connectivity index (χ4n) is 2.82. The van der Waals surface area contributed by atoms with E-state index in [0.717, 1.165) is 45.4 Å². The molecule has 2 saturated heterocycles. The number of nitrogens with one attached hydrogen (secondary N) is 1. The van der Waals surface area contributed by atoms with Gasteiger partial charge in [0.15, 0.2) is 0 Å². The molecule has 1 N–H and O–H groups in total. The topological polar surface area (TPSA) is 32.3 Å². The Morgan fingerprint density at radius 1 is 1.22 bits per heavy atom. The Morgan fingerprint density at radius 2 is 1.78 bits per heavy atom. The van der Waals surface area contributed by atoms with Crippen molar-refractivity contribution in [1.29, 1.82) is 0 Å². The van der Waals surface area contributed by atoms with Crippen LogP contribution in [-0.2, 0) is 4.79 Å². The molecule has 0 aliphatic carbocycles. The van der Waals surface area contributed by atoms with Crippen molar-refractivity contribution < 1.29 is 4.79 Å². The van der Waals surface area contributed by atoms with Gasteiger partial charge in [-0.3, -0.25) is 4.79 Å². The summed E-state index contributed by atoms with van der Waals surface area (Å²) in [5.74, 6) is 1.02. The molecule has 0 radical (unpaired) electrons. The zero-order valence-corrected chi connectivity index (χ0v) is 12.5. The first-order valence-corrected chi connectivity index (χ1v) is 7.05. The van der Waals surface area contributed by atoms with Crippen molar-refractivity contribution in [3.05, 3.63) is 0 Å². The number of rotatable bonds is 2. The molecular formula is C14H27ClN2O. The minimum absolute atomic E-state index is 0. The summed E-state index contributed by atoms with van der Waals surface area (Å²) in [4.78, 5) is 14.3. The molecule has 106 valence electrons. The molecule has 0 aromatic carbocycles. The molecule has 0 atom stereocenters. The lowest BCUT2D eigenvalue weighted by Crippen LogP contribution is -2.42. The third-order valence-electron chi connectivity index (χ3n) is 4.39. The van der Waals surface area contributed by atoms with E-state index in [1.807, 2.05) is 0 Å². The van der Waals surface area contributed by atoms with Crippen LogP contribution in [0.1, 0.15) is 46.0 Å². The minimum Gasteiger partial charge on any atom is -0.343 e. The van der Waals surface area contributed by atoms with Gasteiger partial charge < -0.3 is 10.2 Å². The van der Waals surface area contributed by atoms with Gasteiger partial charge in [0.1, 0.15) is 0 Å². The number of halogens is 1. The van der Waals surface area contributed by atoms with Crippen molar-refractivity contribution in [1.82, 2.24) is 10.2 Å². The van der Waals surface area contributed by atoms with Crippen molar-refractivity contribution >= 4 is 18.3 Å². The van der Waals surface area contributed by atoms with Crippen LogP contribution in [-0.4, -0.2) is 37.0 Å². The normalized spacial score (nSPS) is 24.4. The van der Waals surface area contributed by atoms with Crippen molar-refractivity contribution in [3.63, 3.8) is 0 Å². The summed E-state index contributed by atoms with van der Waals surface area (Å²) in [6.07, 6.45) is 5.44. The average molecular weight is 275 g/mol. The molecule has 2 aliphatic heterocycles. The predicted octanol–water partition coefficient (Wildman–Crippen LogP) is 2.45. The summed E-state index contributed by atoms with van der Waals surface area (Å²) < 4.78 is 0. The van der Waals surface area contributed by atoms with Gasteiger partial charge in [-0.1, -0.05) is 13.8 Å². The maximum absolute atomic E-state index is 12.2. The lowest BCUT2D eigenvalue weighted by atomic mass is 9.82. The van der Waals surface area contributed by atoms with E-state index in [0.29, 0.717) is 17.2 Å². The molecule has 0 unspecified atom stereocenters. The number of nitrogens with zero attached hydrogens (tertiary/aromatic N) is 1. The van der Waals surface area contributed by atoms with E-state index >= 15 is 0 Å². The molecule has 2 rings (SSSR count). The van der Waals surface area contributed by atoms with E-state index in [1.54, 1.807) is 0 Å². The fourth-order valence-corrected chi connectivity index (χ4v) is 2.82. The first-order chi connectivity index (χ1) is 8.07. The highest BCUT2D eigenvalue weighted by atomic mass is 35.5. The van der Waals surface area contributed by atoms with Gasteiger partial charge in [-0.05, 0) is 50.1 Å². The van der Waals surface area contributed by atoms with Gasteiger partial charge in [-0.25, -0.2) is 0 Å². The SMILES string of the molecule is CC1(C)CCN(C(=O)CC2CCNCC2)CC1.Cl. The molecule has 2 fully saturated rings. The average Bonchev–Trinajstić information content (AvgIpc) is 2.30. The first-order valence-electron chi connectivity index (χ1n) is 7.05. The van der Waals surface area contributed by atoms with Crippen LogP contribution in [0.2, 0.25) is 0 Å². The zero-order valence-electron chi connectivity index (χ0n) is 11.7. The Hall–Kier alpha value is -0.280. The second kappa shape index (κ2) is 6.76. The summed E-state index contributed by atoms with van der Waals surface area (Å²) in [5.41, 5.74) is 0.436. The van der Waals surface area contributed by atoms with Gasteiger partial charge in [0, 0.05) is 19.5 Å². The molecule has 0 spiro atoms. The summed E-state index contributed by atoms with van der Waals surface area (Å²) in [6, 6.07) is 0. The van der Waals surface area contributed by atoms with Gasteiger partial charge in [0.2, 0.25) is 5.91 Å². The highest BCUT2D eigenvalue weighted by molar-refractivity contribution is 5.85. The summed E-state index contributed by atoms with van der Waals surface area (Å²) in [7, 11) is 0. The summed E-state index contributed by atoms with van der Waals surface area (Å²) in [6.45, 7) is 8.73. The van der Waals surface area contributed by atoms with Crippen LogP contribution >= 0.6 is 12.4 Å². The Kier molecular flexibility index (Phi) is 5.93. The third kappa shape index (κ3) is 4.43. The van der Waals surface area contributed by atoms with E-state index < -0.39 is 0 Å². The minimum atomic E-state index is 0. The van der Waals surface area contributed by atoms with Crippen LogP contribution in [0, 0.1) is 11.3 Å². The molecule has 18 heavy (non-hydrogen) atoms. The lowest BCUT2D eigenvalue weighted by Gasteiger charge is -2.37. The van der Waals surface area contributed by atoms with Crippen molar-refractivity contribution in [3.8, 4) is 0 Å². The standard InChI is InChI=1S/C14H26N2O.ClH/c1-14(2)5-9-16(10-6-14)13(17)11-12-3-7-15-8-4-12;/h12,15H,3-11H2,1-2H3;1H. The van der Waals surface area contributed by atoms with Crippen LogP contribution in [0.5, 0.6) is 0 Å². The molecule has 0 saturated carbocycles. The number of amides is 1. The van der Waals surface area contributed by atoms with Crippen molar-refractivity contribution in [2.75, 3.05) is 26.2 Å². The van der Waals surface area contributed by atoms with E-state index in [4.69, 9.17) is 0 Å². The number of hydrogen-bond acceptors (Lipinski definition) is 2. The number of likely N-dealkylation sites (tertiary alicyclic amines) is 1. The van der Waals surface area contributed by atoms with Gasteiger partial charge in [-0.15, -0.1) is 12.4 Å². The second-order valence-electron chi connectivity index (χ2n) is 6.44. The lowest BCUT2D eigenvalue weighted by molar-refractivity contribution is -0.134. The highest BCUT2D eigenvalue weighted by Crippen LogP contribution is 2.30. The van der Waals surface area contributed by atoms with Crippen molar-refractivity contribution in [2.24, 2.45) is 11.3 Å². The van der Waals surface area contributed by atoms with Gasteiger partial charge in [0.25, 0.3) is 0 Å². The molecule has 1 amide bonds. The monoisotopic (exact) mass is 274 g/mol. The van der Waals surface area contributed by atoms with E-state index in [1.165, 1.54) is 12.8 Å². The van der Waals surface area contributed by atoms with Gasteiger partial charge >= 0.3 is 0 Å². The largest absolute Gasteiger partial charge is 0.343 e. The molecule has 2 aliphatic rings. The first kappa shape index (κ1) is 15.8.